The zero-order chi connectivity index (χ0) is 15.6. The zero-order valence-corrected chi connectivity index (χ0v) is 14.2. The maximum absolute atomic E-state index is 12.3. The van der Waals surface area contributed by atoms with Crippen LogP contribution in [0.3, 0.4) is 0 Å². The number of carbonyl (C=O) groups is 1. The number of nitrogens with one attached hydrogen (secondary N) is 1. The Morgan fingerprint density at radius 2 is 2.10 bits per heavy atom. The van der Waals surface area contributed by atoms with Crippen molar-refractivity contribution in [1.29, 1.82) is 0 Å². The number of thiophene rings is 1. The molecule has 6 heteroatoms. The fraction of sp³-hybridized carbons (Fsp3) is 0.400. The average molecular weight is 346 g/mol. The van der Waals surface area contributed by atoms with Crippen LogP contribution in [-0.2, 0) is 0 Å². The maximum atomic E-state index is 12.3. The number of fused-ring (bicyclic) bond motifs is 1. The number of amides is 1. The molecule has 0 unspecified atom stereocenters. The second-order valence-corrected chi connectivity index (χ2v) is 7.57. The van der Waals surface area contributed by atoms with Gasteiger partial charge in [0, 0.05) is 28.3 Å². The van der Waals surface area contributed by atoms with Crippen LogP contribution in [0.2, 0.25) is 10.0 Å². The summed E-state index contributed by atoms with van der Waals surface area (Å²) in [6, 6.07) is 5.39. The van der Waals surface area contributed by atoms with Crippen molar-refractivity contribution in [3.8, 4) is 0 Å². The standard InChI is InChI=1S/C15H17Cl2NO2S/c1-15(2,5-6-19)8-18-14(20)13-12(17)10-4-3-9(16)7-11(10)21-13/h3-4,7,19H,5-6,8H2,1-2H3,(H,18,20). The molecule has 1 amide bonds. The Bertz CT molecular complexity index is 667. The predicted molar refractivity (Wildman–Crippen MR) is 89.7 cm³/mol. The van der Waals surface area contributed by atoms with Crippen LogP contribution in [0.4, 0.5) is 0 Å². The van der Waals surface area contributed by atoms with Crippen molar-refractivity contribution in [1.82, 2.24) is 5.32 Å². The molecule has 1 aromatic heterocycles. The highest BCUT2D eigenvalue weighted by molar-refractivity contribution is 7.21. The third kappa shape index (κ3) is 3.89. The summed E-state index contributed by atoms with van der Waals surface area (Å²) in [5.74, 6) is -0.191. The van der Waals surface area contributed by atoms with Gasteiger partial charge in [-0.25, -0.2) is 0 Å². The van der Waals surface area contributed by atoms with E-state index in [9.17, 15) is 4.79 Å². The minimum atomic E-state index is -0.191. The monoisotopic (exact) mass is 345 g/mol. The van der Waals surface area contributed by atoms with E-state index >= 15 is 0 Å². The summed E-state index contributed by atoms with van der Waals surface area (Å²) < 4.78 is 0.896. The topological polar surface area (TPSA) is 49.3 Å². The Labute approximate surface area is 137 Å². The van der Waals surface area contributed by atoms with Crippen molar-refractivity contribution < 1.29 is 9.90 Å². The van der Waals surface area contributed by atoms with Gasteiger partial charge in [-0.05, 0) is 24.0 Å². The summed E-state index contributed by atoms with van der Waals surface area (Å²) in [6.07, 6.45) is 0.628. The van der Waals surface area contributed by atoms with Gasteiger partial charge < -0.3 is 10.4 Å². The maximum Gasteiger partial charge on any atom is 0.262 e. The molecule has 0 radical (unpaired) electrons. The van der Waals surface area contributed by atoms with Crippen LogP contribution in [0, 0.1) is 5.41 Å². The average Bonchev–Trinajstić information content (AvgIpc) is 2.73. The largest absolute Gasteiger partial charge is 0.396 e. The van der Waals surface area contributed by atoms with E-state index in [1.54, 1.807) is 12.1 Å². The summed E-state index contributed by atoms with van der Waals surface area (Å²) in [5, 5.41) is 13.8. The van der Waals surface area contributed by atoms with Crippen LogP contribution >= 0.6 is 34.5 Å². The molecular weight excluding hydrogens is 329 g/mol. The SMILES string of the molecule is CC(C)(CCO)CNC(=O)c1sc2cc(Cl)ccc2c1Cl. The van der Waals surface area contributed by atoms with Crippen LogP contribution < -0.4 is 5.32 Å². The van der Waals surface area contributed by atoms with Crippen molar-refractivity contribution in [2.24, 2.45) is 5.41 Å². The normalized spacial score (nSPS) is 11.9. The molecule has 114 valence electrons. The van der Waals surface area contributed by atoms with Gasteiger partial charge in [-0.15, -0.1) is 11.3 Å². The van der Waals surface area contributed by atoms with Gasteiger partial charge >= 0.3 is 0 Å². The van der Waals surface area contributed by atoms with E-state index in [4.69, 9.17) is 28.3 Å². The van der Waals surface area contributed by atoms with Gasteiger partial charge in [0.2, 0.25) is 0 Å². The molecule has 0 aliphatic rings. The smallest absolute Gasteiger partial charge is 0.262 e. The highest BCUT2D eigenvalue weighted by Crippen LogP contribution is 2.36. The van der Waals surface area contributed by atoms with Gasteiger partial charge in [0.05, 0.1) is 5.02 Å². The number of rotatable bonds is 5. The number of carbonyl (C=O) groups excluding carboxylic acids is 1. The van der Waals surface area contributed by atoms with Crippen molar-refractivity contribution in [3.05, 3.63) is 33.1 Å². The van der Waals surface area contributed by atoms with E-state index in [0.29, 0.717) is 27.9 Å². The summed E-state index contributed by atoms with van der Waals surface area (Å²) >= 11 is 13.6. The van der Waals surface area contributed by atoms with E-state index in [-0.39, 0.29) is 17.9 Å². The number of aliphatic hydroxyl groups excluding tert-OH is 1. The molecular formula is C15H17Cl2NO2S. The number of hydrogen-bond donors (Lipinski definition) is 2. The number of hydrogen-bond acceptors (Lipinski definition) is 3. The molecule has 2 aromatic rings. The molecule has 2 rings (SSSR count). The van der Waals surface area contributed by atoms with Crippen LogP contribution in [-0.4, -0.2) is 24.2 Å². The Hall–Kier alpha value is -0.810. The first-order valence-corrected chi connectivity index (χ1v) is 8.18. The third-order valence-corrected chi connectivity index (χ3v) is 5.20. The van der Waals surface area contributed by atoms with Crippen LogP contribution in [0.5, 0.6) is 0 Å². The van der Waals surface area contributed by atoms with E-state index in [0.717, 1.165) is 10.1 Å². The zero-order valence-electron chi connectivity index (χ0n) is 11.9. The molecule has 1 aromatic carbocycles. The minimum absolute atomic E-state index is 0.102. The van der Waals surface area contributed by atoms with Crippen molar-refractivity contribution in [3.63, 3.8) is 0 Å². The Balaban J connectivity index is 2.18. The summed E-state index contributed by atoms with van der Waals surface area (Å²) in [6.45, 7) is 4.58. The predicted octanol–water partition coefficient (Wildman–Crippen LogP) is 4.35. The second kappa shape index (κ2) is 6.53. The Kier molecular flexibility index (Phi) is 5.15. The van der Waals surface area contributed by atoms with E-state index in [1.807, 2.05) is 19.9 Å². The first-order chi connectivity index (χ1) is 9.84. The molecule has 3 nitrogen and oxygen atoms in total. The lowest BCUT2D eigenvalue weighted by molar-refractivity contribution is 0.0932. The summed E-state index contributed by atoms with van der Waals surface area (Å²) in [5.41, 5.74) is -0.156. The lowest BCUT2D eigenvalue weighted by atomic mass is 9.90. The third-order valence-electron chi connectivity index (χ3n) is 3.31. The minimum Gasteiger partial charge on any atom is -0.396 e. The molecule has 0 atom stereocenters. The van der Waals surface area contributed by atoms with Gasteiger partial charge in [0.15, 0.2) is 0 Å². The van der Waals surface area contributed by atoms with Crippen LogP contribution in [0.1, 0.15) is 29.9 Å². The van der Waals surface area contributed by atoms with Gasteiger partial charge in [0.25, 0.3) is 5.91 Å². The van der Waals surface area contributed by atoms with Gasteiger partial charge in [0.1, 0.15) is 4.88 Å². The van der Waals surface area contributed by atoms with E-state index in [1.165, 1.54) is 11.3 Å². The van der Waals surface area contributed by atoms with Crippen LogP contribution in [0.15, 0.2) is 18.2 Å². The Morgan fingerprint density at radius 1 is 1.38 bits per heavy atom. The molecule has 2 N–H and O–H groups in total. The van der Waals surface area contributed by atoms with E-state index < -0.39 is 0 Å². The highest BCUT2D eigenvalue weighted by atomic mass is 35.5. The van der Waals surface area contributed by atoms with Crippen molar-refractivity contribution in [2.45, 2.75) is 20.3 Å². The fourth-order valence-electron chi connectivity index (χ4n) is 1.98. The molecule has 0 bridgehead atoms. The highest BCUT2D eigenvalue weighted by Gasteiger charge is 2.21. The van der Waals surface area contributed by atoms with Crippen molar-refractivity contribution in [2.75, 3.05) is 13.2 Å². The van der Waals surface area contributed by atoms with Crippen molar-refractivity contribution >= 4 is 50.5 Å². The molecule has 0 spiro atoms. The summed E-state index contributed by atoms with van der Waals surface area (Å²) in [4.78, 5) is 12.8. The summed E-state index contributed by atoms with van der Waals surface area (Å²) in [7, 11) is 0. The molecule has 0 aliphatic heterocycles. The number of benzene rings is 1. The molecule has 1 heterocycles. The van der Waals surface area contributed by atoms with E-state index in [2.05, 4.69) is 5.32 Å². The molecule has 0 saturated carbocycles. The first-order valence-electron chi connectivity index (χ1n) is 6.61. The molecule has 0 fully saturated rings. The number of halogens is 2. The molecule has 0 saturated heterocycles. The lowest BCUT2D eigenvalue weighted by Gasteiger charge is -2.23. The molecule has 21 heavy (non-hydrogen) atoms. The second-order valence-electron chi connectivity index (χ2n) is 5.71. The van der Waals surface area contributed by atoms with Gasteiger partial charge in [-0.3, -0.25) is 4.79 Å². The van der Waals surface area contributed by atoms with Gasteiger partial charge in [-0.2, -0.15) is 0 Å². The number of aliphatic hydroxyl groups is 1. The Morgan fingerprint density at radius 3 is 2.76 bits per heavy atom. The quantitative estimate of drug-likeness (QED) is 0.846. The van der Waals surface area contributed by atoms with Crippen LogP contribution in [0.25, 0.3) is 10.1 Å². The van der Waals surface area contributed by atoms with Gasteiger partial charge in [-0.1, -0.05) is 43.1 Å². The lowest BCUT2D eigenvalue weighted by Crippen LogP contribution is -2.34. The fourth-order valence-corrected chi connectivity index (χ4v) is 3.69. The first kappa shape index (κ1) is 16.6. The molecule has 0 aliphatic carbocycles.